The largest absolute Gasteiger partial charge is 0.338 e. The summed E-state index contributed by atoms with van der Waals surface area (Å²) >= 11 is 6.24. The lowest BCUT2D eigenvalue weighted by molar-refractivity contribution is -0.123. The zero-order chi connectivity index (χ0) is 23.1. The molecule has 2 amide bonds. The molecule has 3 aromatic rings. The summed E-state index contributed by atoms with van der Waals surface area (Å²) in [7, 11) is 0. The molecule has 2 aromatic carbocycles. The van der Waals surface area contributed by atoms with Crippen molar-refractivity contribution in [1.82, 2.24) is 9.97 Å². The quantitative estimate of drug-likeness (QED) is 0.552. The van der Waals surface area contributed by atoms with Gasteiger partial charge in [0.1, 0.15) is 5.82 Å². The molecule has 9 heteroatoms. The fraction of sp³-hybridized carbons (Fsp3) is 0.250. The number of amides is 2. The van der Waals surface area contributed by atoms with Crippen molar-refractivity contribution in [1.29, 1.82) is 0 Å². The third-order valence-corrected chi connectivity index (χ3v) is 6.38. The van der Waals surface area contributed by atoms with Crippen LogP contribution in [-0.4, -0.2) is 28.3 Å². The van der Waals surface area contributed by atoms with E-state index in [-0.39, 0.29) is 23.7 Å². The highest BCUT2D eigenvalue weighted by atomic mass is 35.5. The third-order valence-electron chi connectivity index (χ3n) is 6.07. The van der Waals surface area contributed by atoms with Crippen LogP contribution >= 0.6 is 11.6 Å². The molecule has 0 aliphatic carbocycles. The number of aromatic amines is 1. The third kappa shape index (κ3) is 4.09. The molecule has 2 aliphatic rings. The van der Waals surface area contributed by atoms with Gasteiger partial charge in [-0.25, -0.2) is 0 Å². The molecule has 0 bridgehead atoms. The maximum atomic E-state index is 13.1. The monoisotopic (exact) mass is 463 g/mol. The first-order chi connectivity index (χ1) is 15.9. The number of aryl methyl sites for hydroxylation is 1. The number of H-pyrrole nitrogens is 1. The molecule has 3 N–H and O–H groups in total. The van der Waals surface area contributed by atoms with E-state index in [1.54, 1.807) is 12.1 Å². The van der Waals surface area contributed by atoms with Gasteiger partial charge in [0.15, 0.2) is 0 Å². The SMILES string of the molecule is Cc1ccc(NC(=O)[C@H]2CC(=O)Nc3nc(N4CCc5ccccc5C4)[nH]c(=O)c32)c(Cl)c1. The highest BCUT2D eigenvalue weighted by molar-refractivity contribution is 6.33. The fourth-order valence-electron chi connectivity index (χ4n) is 4.35. The number of carbonyl (C=O) groups is 2. The number of anilines is 3. The van der Waals surface area contributed by atoms with Crippen molar-refractivity contribution in [3.05, 3.63) is 80.1 Å². The second-order valence-electron chi connectivity index (χ2n) is 8.37. The number of nitrogens with zero attached hydrogens (tertiary/aromatic N) is 2. The molecule has 168 valence electrons. The number of carbonyl (C=O) groups excluding carboxylic acids is 2. The summed E-state index contributed by atoms with van der Waals surface area (Å²) in [6.45, 7) is 3.17. The number of halogens is 1. The van der Waals surface area contributed by atoms with Gasteiger partial charge < -0.3 is 15.5 Å². The Morgan fingerprint density at radius 1 is 1.18 bits per heavy atom. The Kier molecular flexibility index (Phi) is 5.38. The summed E-state index contributed by atoms with van der Waals surface area (Å²) in [5, 5.41) is 5.79. The first kappa shape index (κ1) is 21.2. The molecule has 2 aliphatic heterocycles. The minimum Gasteiger partial charge on any atom is -0.338 e. The van der Waals surface area contributed by atoms with E-state index in [4.69, 9.17) is 11.6 Å². The molecule has 0 fully saturated rings. The van der Waals surface area contributed by atoms with Gasteiger partial charge in [0.05, 0.1) is 22.2 Å². The van der Waals surface area contributed by atoms with E-state index in [0.717, 1.165) is 12.0 Å². The second kappa shape index (κ2) is 8.37. The van der Waals surface area contributed by atoms with E-state index in [2.05, 4.69) is 32.7 Å². The van der Waals surface area contributed by atoms with Crippen LogP contribution in [0.3, 0.4) is 0 Å². The molecular weight excluding hydrogens is 442 g/mol. The van der Waals surface area contributed by atoms with Crippen molar-refractivity contribution in [2.24, 2.45) is 0 Å². The summed E-state index contributed by atoms with van der Waals surface area (Å²) in [5.74, 6) is -1.33. The summed E-state index contributed by atoms with van der Waals surface area (Å²) in [5.41, 5.74) is 3.52. The molecule has 0 unspecified atom stereocenters. The Bertz CT molecular complexity index is 1340. The smallest absolute Gasteiger partial charge is 0.258 e. The summed E-state index contributed by atoms with van der Waals surface area (Å²) in [6, 6.07) is 13.4. The van der Waals surface area contributed by atoms with Crippen LogP contribution in [0, 0.1) is 6.92 Å². The maximum Gasteiger partial charge on any atom is 0.258 e. The van der Waals surface area contributed by atoms with E-state index in [9.17, 15) is 14.4 Å². The minimum atomic E-state index is -0.974. The fourth-order valence-corrected chi connectivity index (χ4v) is 4.63. The number of fused-ring (bicyclic) bond motifs is 2. The molecule has 8 nitrogen and oxygen atoms in total. The maximum absolute atomic E-state index is 13.1. The van der Waals surface area contributed by atoms with Crippen LogP contribution in [-0.2, 0) is 22.6 Å². The molecule has 0 radical (unpaired) electrons. The molecule has 5 rings (SSSR count). The Labute approximate surface area is 195 Å². The van der Waals surface area contributed by atoms with E-state index in [0.29, 0.717) is 29.7 Å². The van der Waals surface area contributed by atoms with Crippen molar-refractivity contribution < 1.29 is 9.59 Å². The van der Waals surface area contributed by atoms with Crippen LogP contribution in [0.5, 0.6) is 0 Å². The van der Waals surface area contributed by atoms with Crippen LogP contribution in [0.2, 0.25) is 5.02 Å². The van der Waals surface area contributed by atoms with Gasteiger partial charge in [-0.15, -0.1) is 0 Å². The lowest BCUT2D eigenvalue weighted by Crippen LogP contribution is -2.38. The van der Waals surface area contributed by atoms with Gasteiger partial charge in [0, 0.05) is 19.5 Å². The van der Waals surface area contributed by atoms with Gasteiger partial charge in [-0.05, 0) is 42.2 Å². The first-order valence-electron chi connectivity index (χ1n) is 10.7. The standard InChI is InChI=1S/C24H22ClN5O3/c1-13-6-7-18(17(25)10-13)26-22(32)16-11-19(31)27-21-20(16)23(33)29-24(28-21)30-9-8-14-4-2-3-5-15(14)12-30/h2-7,10,16H,8-9,11-12H2,1H3,(H,26,32)(H2,27,28,29,31,33)/t16-/m0/s1. The van der Waals surface area contributed by atoms with Crippen LogP contribution < -0.4 is 21.1 Å². The number of nitrogens with one attached hydrogen (secondary N) is 3. The second-order valence-corrected chi connectivity index (χ2v) is 8.78. The summed E-state index contributed by atoms with van der Waals surface area (Å²) < 4.78 is 0. The van der Waals surface area contributed by atoms with Gasteiger partial charge in [-0.2, -0.15) is 4.98 Å². The lowest BCUT2D eigenvalue weighted by Gasteiger charge is -2.30. The zero-order valence-corrected chi connectivity index (χ0v) is 18.7. The predicted molar refractivity (Wildman–Crippen MR) is 127 cm³/mol. The molecule has 1 atom stereocenters. The summed E-state index contributed by atoms with van der Waals surface area (Å²) in [6.07, 6.45) is 0.676. The first-order valence-corrected chi connectivity index (χ1v) is 11.1. The molecule has 33 heavy (non-hydrogen) atoms. The predicted octanol–water partition coefficient (Wildman–Crippen LogP) is 3.36. The highest BCUT2D eigenvalue weighted by Crippen LogP contribution is 2.32. The molecule has 0 spiro atoms. The number of aromatic nitrogens is 2. The van der Waals surface area contributed by atoms with Gasteiger partial charge in [0.25, 0.3) is 5.56 Å². The van der Waals surface area contributed by atoms with E-state index >= 15 is 0 Å². The van der Waals surface area contributed by atoms with E-state index < -0.39 is 17.4 Å². The van der Waals surface area contributed by atoms with Gasteiger partial charge in [-0.3, -0.25) is 19.4 Å². The Hall–Kier alpha value is -3.65. The molecular formula is C24H22ClN5O3. The molecule has 0 saturated heterocycles. The topological polar surface area (TPSA) is 107 Å². The molecule has 3 heterocycles. The van der Waals surface area contributed by atoms with Crippen molar-refractivity contribution >= 4 is 40.9 Å². The van der Waals surface area contributed by atoms with Crippen molar-refractivity contribution in [2.45, 2.75) is 32.2 Å². The summed E-state index contributed by atoms with van der Waals surface area (Å²) in [4.78, 5) is 47.8. The van der Waals surface area contributed by atoms with E-state index in [1.165, 1.54) is 11.1 Å². The van der Waals surface area contributed by atoms with Gasteiger partial charge >= 0.3 is 0 Å². The normalized spacial score (nSPS) is 17.1. The Morgan fingerprint density at radius 2 is 1.97 bits per heavy atom. The Morgan fingerprint density at radius 3 is 2.76 bits per heavy atom. The van der Waals surface area contributed by atoms with Crippen molar-refractivity contribution in [2.75, 3.05) is 22.1 Å². The van der Waals surface area contributed by atoms with Crippen molar-refractivity contribution in [3.63, 3.8) is 0 Å². The van der Waals surface area contributed by atoms with E-state index in [1.807, 2.05) is 30.0 Å². The zero-order valence-electron chi connectivity index (χ0n) is 17.9. The molecule has 0 saturated carbocycles. The average Bonchev–Trinajstić information content (AvgIpc) is 2.79. The number of benzene rings is 2. The van der Waals surface area contributed by atoms with Crippen LogP contribution in [0.15, 0.2) is 47.3 Å². The van der Waals surface area contributed by atoms with Crippen LogP contribution in [0.25, 0.3) is 0 Å². The van der Waals surface area contributed by atoms with Gasteiger partial charge in [-0.1, -0.05) is 41.9 Å². The minimum absolute atomic E-state index is 0.124. The highest BCUT2D eigenvalue weighted by Gasteiger charge is 2.35. The van der Waals surface area contributed by atoms with Gasteiger partial charge in [0.2, 0.25) is 17.8 Å². The van der Waals surface area contributed by atoms with Crippen molar-refractivity contribution in [3.8, 4) is 0 Å². The van der Waals surface area contributed by atoms with Crippen LogP contribution in [0.1, 0.15) is 34.6 Å². The number of hydrogen-bond acceptors (Lipinski definition) is 5. The number of hydrogen-bond donors (Lipinski definition) is 3. The number of rotatable bonds is 3. The average molecular weight is 464 g/mol. The molecule has 1 aromatic heterocycles. The van der Waals surface area contributed by atoms with Crippen LogP contribution in [0.4, 0.5) is 17.5 Å². The lowest BCUT2D eigenvalue weighted by atomic mass is 9.92. The Balaban J connectivity index is 1.45.